The third kappa shape index (κ3) is 4.23. The summed E-state index contributed by atoms with van der Waals surface area (Å²) in [5.74, 6) is 0.0969. The number of ether oxygens (including phenoxy) is 2. The molecule has 1 aliphatic rings. The number of pyridine rings is 1. The molecule has 8 heteroatoms. The number of rotatable bonds is 5. The predicted octanol–water partition coefficient (Wildman–Crippen LogP) is 1.58. The van der Waals surface area contributed by atoms with Crippen LogP contribution in [-0.4, -0.2) is 73.1 Å². The van der Waals surface area contributed by atoms with Gasteiger partial charge in [-0.1, -0.05) is 11.6 Å². The lowest BCUT2D eigenvalue weighted by molar-refractivity contribution is -0.142. The summed E-state index contributed by atoms with van der Waals surface area (Å²) in [5, 5.41) is 1.33. The molecule has 0 spiro atoms. The van der Waals surface area contributed by atoms with Crippen LogP contribution in [0.2, 0.25) is 5.02 Å². The van der Waals surface area contributed by atoms with Gasteiger partial charge in [-0.05, 0) is 24.3 Å². The first kappa shape index (κ1) is 18.4. The molecular weight excluding hydrogens is 358 g/mol. The number of hydrogen-bond donors (Lipinski definition) is 0. The molecule has 0 unspecified atom stereocenters. The second-order valence-electron chi connectivity index (χ2n) is 5.98. The van der Waals surface area contributed by atoms with Crippen LogP contribution in [0.3, 0.4) is 0 Å². The lowest BCUT2D eigenvalue weighted by atomic mass is 10.2. The molecule has 3 rings (SSSR count). The number of carbonyl (C=O) groups is 2. The Bertz CT molecular complexity index is 808. The quantitative estimate of drug-likeness (QED) is 0.791. The number of nitrogens with zero attached hydrogens (tertiary/aromatic N) is 3. The van der Waals surface area contributed by atoms with E-state index in [0.717, 1.165) is 5.39 Å². The Morgan fingerprint density at radius 3 is 2.85 bits per heavy atom. The number of amides is 2. The van der Waals surface area contributed by atoms with Gasteiger partial charge in [0.2, 0.25) is 5.91 Å². The second kappa shape index (κ2) is 8.33. The molecule has 138 valence electrons. The minimum absolute atomic E-state index is 0.0157. The van der Waals surface area contributed by atoms with Crippen LogP contribution in [0.1, 0.15) is 0 Å². The van der Waals surface area contributed by atoms with Crippen molar-refractivity contribution in [3.05, 3.63) is 35.5 Å². The van der Waals surface area contributed by atoms with Crippen LogP contribution >= 0.6 is 11.6 Å². The maximum Gasteiger partial charge on any atom is 0.260 e. The number of halogens is 1. The fraction of sp³-hybridized carbons (Fsp3) is 0.389. The van der Waals surface area contributed by atoms with Crippen molar-refractivity contribution in [2.45, 2.75) is 0 Å². The van der Waals surface area contributed by atoms with Crippen molar-refractivity contribution >= 4 is 34.3 Å². The maximum atomic E-state index is 12.3. The van der Waals surface area contributed by atoms with Crippen LogP contribution in [0.5, 0.6) is 5.75 Å². The van der Waals surface area contributed by atoms with Crippen LogP contribution in [0.15, 0.2) is 30.5 Å². The largest absolute Gasteiger partial charge is 0.481 e. The van der Waals surface area contributed by atoms with E-state index in [2.05, 4.69) is 4.98 Å². The van der Waals surface area contributed by atoms with Crippen molar-refractivity contribution < 1.29 is 19.1 Å². The van der Waals surface area contributed by atoms with Crippen LogP contribution in [0, 0.1) is 0 Å². The van der Waals surface area contributed by atoms with Crippen LogP contribution < -0.4 is 4.74 Å². The average Bonchev–Trinajstić information content (AvgIpc) is 2.68. The number of carbonyl (C=O) groups excluding carboxylic acids is 2. The molecule has 7 nitrogen and oxygen atoms in total. The first-order valence-corrected chi connectivity index (χ1v) is 8.69. The van der Waals surface area contributed by atoms with E-state index in [1.807, 2.05) is 6.07 Å². The Morgan fingerprint density at radius 1 is 1.31 bits per heavy atom. The van der Waals surface area contributed by atoms with Gasteiger partial charge in [-0.25, -0.2) is 0 Å². The zero-order chi connectivity index (χ0) is 18.5. The van der Waals surface area contributed by atoms with Crippen LogP contribution in [-0.2, 0) is 14.3 Å². The Morgan fingerprint density at radius 2 is 2.08 bits per heavy atom. The molecular formula is C18H20ClN3O4. The van der Waals surface area contributed by atoms with Gasteiger partial charge in [0.25, 0.3) is 5.91 Å². The van der Waals surface area contributed by atoms with Gasteiger partial charge in [-0.3, -0.25) is 14.6 Å². The molecule has 0 atom stereocenters. The fourth-order valence-electron chi connectivity index (χ4n) is 2.68. The normalized spacial score (nSPS) is 14.3. The summed E-state index contributed by atoms with van der Waals surface area (Å²) in [7, 11) is 1.59. The van der Waals surface area contributed by atoms with E-state index in [0.29, 0.717) is 42.6 Å². The zero-order valence-corrected chi connectivity index (χ0v) is 15.2. The highest BCUT2D eigenvalue weighted by Crippen LogP contribution is 2.29. The summed E-state index contributed by atoms with van der Waals surface area (Å²) >= 11 is 6.15. The summed E-state index contributed by atoms with van der Waals surface area (Å²) in [6, 6.07) is 7.02. The van der Waals surface area contributed by atoms with Gasteiger partial charge in [0.05, 0.1) is 24.8 Å². The zero-order valence-electron chi connectivity index (χ0n) is 14.5. The molecule has 0 radical (unpaired) electrons. The van der Waals surface area contributed by atoms with E-state index < -0.39 is 0 Å². The lowest BCUT2D eigenvalue weighted by Gasteiger charge is -2.28. The van der Waals surface area contributed by atoms with Gasteiger partial charge in [-0.2, -0.15) is 0 Å². The Kier molecular flexibility index (Phi) is 5.90. The summed E-state index contributed by atoms with van der Waals surface area (Å²) < 4.78 is 10.9. The molecule has 1 aromatic heterocycles. The Labute approximate surface area is 156 Å². The SMILES string of the molecule is CN(CC(=O)N1CCOCC1)C(=O)COc1ccc(Cl)c2cccnc12. The molecule has 1 aromatic carbocycles. The number of aromatic nitrogens is 1. The smallest absolute Gasteiger partial charge is 0.260 e. The molecule has 0 saturated carbocycles. The highest BCUT2D eigenvalue weighted by molar-refractivity contribution is 6.35. The highest BCUT2D eigenvalue weighted by Gasteiger charge is 2.21. The minimum atomic E-state index is -0.286. The molecule has 1 fully saturated rings. The minimum Gasteiger partial charge on any atom is -0.481 e. The van der Waals surface area contributed by atoms with Gasteiger partial charge in [0, 0.05) is 31.7 Å². The standard InChI is InChI=1S/C18H20ClN3O4/c1-21(11-16(23)22-7-9-25-10-8-22)17(24)12-26-15-5-4-14(19)13-3-2-6-20-18(13)15/h2-6H,7-12H2,1H3. The van der Waals surface area contributed by atoms with Crippen molar-refractivity contribution in [3.8, 4) is 5.75 Å². The van der Waals surface area contributed by atoms with Crippen molar-refractivity contribution in [2.75, 3.05) is 46.5 Å². The van der Waals surface area contributed by atoms with Crippen molar-refractivity contribution in [3.63, 3.8) is 0 Å². The number of likely N-dealkylation sites (N-methyl/N-ethyl adjacent to an activating group) is 1. The predicted molar refractivity (Wildman–Crippen MR) is 97.3 cm³/mol. The van der Waals surface area contributed by atoms with Crippen molar-refractivity contribution in [1.82, 2.24) is 14.8 Å². The molecule has 1 saturated heterocycles. The summed E-state index contributed by atoms with van der Waals surface area (Å²) in [4.78, 5) is 31.8. The van der Waals surface area contributed by atoms with Gasteiger partial charge >= 0.3 is 0 Å². The van der Waals surface area contributed by atoms with Gasteiger partial charge in [-0.15, -0.1) is 0 Å². The molecule has 0 bridgehead atoms. The van der Waals surface area contributed by atoms with E-state index in [4.69, 9.17) is 21.1 Å². The maximum absolute atomic E-state index is 12.3. The molecule has 2 amide bonds. The van der Waals surface area contributed by atoms with Gasteiger partial charge in [0.1, 0.15) is 11.3 Å². The summed E-state index contributed by atoms with van der Waals surface area (Å²) in [6.45, 7) is 2.01. The van der Waals surface area contributed by atoms with E-state index in [1.54, 1.807) is 36.3 Å². The van der Waals surface area contributed by atoms with Crippen LogP contribution in [0.4, 0.5) is 0 Å². The number of fused-ring (bicyclic) bond motifs is 1. The van der Waals surface area contributed by atoms with Gasteiger partial charge in [0.15, 0.2) is 6.61 Å². The van der Waals surface area contributed by atoms with Crippen LogP contribution in [0.25, 0.3) is 10.9 Å². The third-order valence-corrected chi connectivity index (χ3v) is 4.52. The molecule has 1 aliphatic heterocycles. The fourth-order valence-corrected chi connectivity index (χ4v) is 2.90. The highest BCUT2D eigenvalue weighted by atomic mass is 35.5. The molecule has 0 aliphatic carbocycles. The molecule has 2 heterocycles. The lowest BCUT2D eigenvalue weighted by Crippen LogP contribution is -2.46. The number of hydrogen-bond acceptors (Lipinski definition) is 5. The second-order valence-corrected chi connectivity index (χ2v) is 6.38. The monoisotopic (exact) mass is 377 g/mol. The first-order valence-electron chi connectivity index (χ1n) is 8.32. The van der Waals surface area contributed by atoms with E-state index in [1.165, 1.54) is 4.90 Å². The topological polar surface area (TPSA) is 72.0 Å². The first-order chi connectivity index (χ1) is 12.6. The average molecular weight is 378 g/mol. The molecule has 26 heavy (non-hydrogen) atoms. The molecule has 2 aromatic rings. The Balaban J connectivity index is 1.58. The number of benzene rings is 1. The summed E-state index contributed by atoms with van der Waals surface area (Å²) in [6.07, 6.45) is 1.64. The third-order valence-electron chi connectivity index (χ3n) is 4.19. The molecule has 0 N–H and O–H groups in total. The van der Waals surface area contributed by atoms with Gasteiger partial charge < -0.3 is 19.3 Å². The van der Waals surface area contributed by atoms with Crippen molar-refractivity contribution in [2.24, 2.45) is 0 Å². The van der Waals surface area contributed by atoms with E-state index in [9.17, 15) is 9.59 Å². The summed E-state index contributed by atoms with van der Waals surface area (Å²) in [5.41, 5.74) is 0.597. The van der Waals surface area contributed by atoms with E-state index >= 15 is 0 Å². The van der Waals surface area contributed by atoms with Crippen molar-refractivity contribution in [1.29, 1.82) is 0 Å². The van der Waals surface area contributed by atoms with E-state index in [-0.39, 0.29) is 25.0 Å². The number of morpholine rings is 1. The Hall–Kier alpha value is -2.38.